The zero-order valence-corrected chi connectivity index (χ0v) is 11.4. The first kappa shape index (κ1) is 13.1. The molecule has 1 fully saturated rings. The van der Waals surface area contributed by atoms with E-state index in [9.17, 15) is 0 Å². The third-order valence-electron chi connectivity index (χ3n) is 3.43. The second-order valence-corrected chi connectivity index (χ2v) is 4.96. The lowest BCUT2D eigenvalue weighted by molar-refractivity contribution is 0.292. The van der Waals surface area contributed by atoms with Gasteiger partial charge in [0, 0.05) is 6.42 Å². The maximum Gasteiger partial charge on any atom is 0.243 e. The van der Waals surface area contributed by atoms with Crippen LogP contribution in [0.15, 0.2) is 34.9 Å². The fourth-order valence-electron chi connectivity index (χ4n) is 2.35. The van der Waals surface area contributed by atoms with E-state index in [4.69, 9.17) is 9.26 Å². The Balaban J connectivity index is 1.50. The second kappa shape index (κ2) is 6.52. The van der Waals surface area contributed by atoms with E-state index in [0.717, 1.165) is 18.7 Å². The Bertz CT molecular complexity index is 521. The molecule has 3 rings (SSSR count). The number of aromatic nitrogens is 2. The van der Waals surface area contributed by atoms with Crippen molar-refractivity contribution in [1.82, 2.24) is 15.5 Å². The number of para-hydroxylation sites is 1. The third kappa shape index (κ3) is 3.36. The largest absolute Gasteiger partial charge is 0.493 e. The van der Waals surface area contributed by atoms with E-state index in [2.05, 4.69) is 15.5 Å². The van der Waals surface area contributed by atoms with Gasteiger partial charge in [-0.05, 0) is 31.5 Å². The van der Waals surface area contributed by atoms with Crippen molar-refractivity contribution in [3.63, 3.8) is 0 Å². The molecule has 0 aliphatic carbocycles. The number of rotatable bonds is 5. The van der Waals surface area contributed by atoms with Crippen LogP contribution < -0.4 is 10.1 Å². The Hall–Kier alpha value is -1.88. The van der Waals surface area contributed by atoms with Crippen molar-refractivity contribution in [1.29, 1.82) is 0 Å². The molecule has 5 heteroatoms. The molecule has 106 valence electrons. The second-order valence-electron chi connectivity index (χ2n) is 4.96. The summed E-state index contributed by atoms with van der Waals surface area (Å²) in [5.74, 6) is 2.29. The molecule has 1 saturated heterocycles. The first-order valence-corrected chi connectivity index (χ1v) is 7.15. The van der Waals surface area contributed by atoms with Crippen LogP contribution in [0.5, 0.6) is 5.75 Å². The summed E-state index contributed by atoms with van der Waals surface area (Å²) in [5.41, 5.74) is 0. The van der Waals surface area contributed by atoms with Crippen molar-refractivity contribution >= 4 is 0 Å². The molecule has 1 atom stereocenters. The summed E-state index contributed by atoms with van der Waals surface area (Å²) in [5, 5.41) is 7.42. The third-order valence-corrected chi connectivity index (χ3v) is 3.43. The normalized spacial score (nSPS) is 18.9. The van der Waals surface area contributed by atoms with Crippen LogP contribution in [-0.4, -0.2) is 23.3 Å². The molecule has 2 aromatic rings. The lowest BCUT2D eigenvalue weighted by atomic mass is 10.1. The Morgan fingerprint density at radius 2 is 2.15 bits per heavy atom. The van der Waals surface area contributed by atoms with Crippen LogP contribution in [0.4, 0.5) is 0 Å². The molecule has 1 aromatic carbocycles. The minimum atomic E-state index is 0.222. The van der Waals surface area contributed by atoms with E-state index < -0.39 is 0 Å². The standard InChI is InChI=1S/C15H19N3O2/c1-2-6-12(7-3-1)19-11-9-14-17-15(20-18-14)13-8-4-5-10-16-13/h1-3,6-7,13,16H,4-5,8-11H2/t13-/m1/s1. The van der Waals surface area contributed by atoms with Gasteiger partial charge in [0.15, 0.2) is 5.82 Å². The summed E-state index contributed by atoms with van der Waals surface area (Å²) in [4.78, 5) is 4.44. The van der Waals surface area contributed by atoms with Crippen molar-refractivity contribution in [2.75, 3.05) is 13.2 Å². The van der Waals surface area contributed by atoms with Crippen LogP contribution in [-0.2, 0) is 6.42 Å². The van der Waals surface area contributed by atoms with E-state index in [1.807, 2.05) is 30.3 Å². The molecular formula is C15H19N3O2. The van der Waals surface area contributed by atoms with Gasteiger partial charge in [-0.2, -0.15) is 4.98 Å². The molecule has 0 unspecified atom stereocenters. The molecule has 2 heterocycles. The van der Waals surface area contributed by atoms with Crippen LogP contribution >= 0.6 is 0 Å². The molecule has 20 heavy (non-hydrogen) atoms. The Morgan fingerprint density at radius 3 is 2.95 bits per heavy atom. The number of nitrogens with one attached hydrogen (secondary N) is 1. The van der Waals surface area contributed by atoms with Crippen LogP contribution in [0.1, 0.15) is 37.0 Å². The fourth-order valence-corrected chi connectivity index (χ4v) is 2.35. The van der Waals surface area contributed by atoms with E-state index in [1.54, 1.807) is 0 Å². The number of benzene rings is 1. The van der Waals surface area contributed by atoms with Crippen molar-refractivity contribution < 1.29 is 9.26 Å². The van der Waals surface area contributed by atoms with E-state index in [0.29, 0.717) is 24.7 Å². The average molecular weight is 273 g/mol. The SMILES string of the molecule is c1ccc(OCCc2noc([C@H]3CCCCN3)n2)cc1. The summed E-state index contributed by atoms with van der Waals surface area (Å²) in [6.45, 7) is 1.58. The summed E-state index contributed by atoms with van der Waals surface area (Å²) >= 11 is 0. The highest BCUT2D eigenvalue weighted by Crippen LogP contribution is 2.21. The quantitative estimate of drug-likeness (QED) is 0.907. The molecule has 1 N–H and O–H groups in total. The van der Waals surface area contributed by atoms with Crippen LogP contribution in [0.25, 0.3) is 0 Å². The lowest BCUT2D eigenvalue weighted by Crippen LogP contribution is -2.27. The maximum absolute atomic E-state index is 5.63. The van der Waals surface area contributed by atoms with Crippen LogP contribution in [0.2, 0.25) is 0 Å². The zero-order valence-electron chi connectivity index (χ0n) is 11.4. The molecule has 1 aliphatic heterocycles. The minimum absolute atomic E-state index is 0.222. The van der Waals surface area contributed by atoms with Crippen molar-refractivity contribution in [3.8, 4) is 5.75 Å². The molecule has 0 amide bonds. The number of nitrogens with zero attached hydrogens (tertiary/aromatic N) is 2. The first-order valence-electron chi connectivity index (χ1n) is 7.15. The number of hydrogen-bond acceptors (Lipinski definition) is 5. The first-order chi connectivity index (χ1) is 9.92. The van der Waals surface area contributed by atoms with Crippen molar-refractivity contribution in [2.24, 2.45) is 0 Å². The molecule has 0 spiro atoms. The summed E-state index contributed by atoms with van der Waals surface area (Å²) in [6.07, 6.45) is 4.17. The van der Waals surface area contributed by atoms with E-state index in [1.165, 1.54) is 12.8 Å². The number of ether oxygens (including phenoxy) is 1. The topological polar surface area (TPSA) is 60.2 Å². The van der Waals surface area contributed by atoms with Gasteiger partial charge in [0.2, 0.25) is 5.89 Å². The fraction of sp³-hybridized carbons (Fsp3) is 0.467. The maximum atomic E-state index is 5.63. The molecule has 0 radical (unpaired) electrons. The predicted molar refractivity (Wildman–Crippen MR) is 74.5 cm³/mol. The van der Waals surface area contributed by atoms with E-state index in [-0.39, 0.29) is 6.04 Å². The Labute approximate surface area is 118 Å². The zero-order chi connectivity index (χ0) is 13.6. The van der Waals surface area contributed by atoms with Gasteiger partial charge in [-0.15, -0.1) is 0 Å². The van der Waals surface area contributed by atoms with Gasteiger partial charge in [0.25, 0.3) is 0 Å². The van der Waals surface area contributed by atoms with Gasteiger partial charge in [-0.3, -0.25) is 0 Å². The molecule has 0 bridgehead atoms. The molecular weight excluding hydrogens is 254 g/mol. The number of piperidine rings is 1. The average Bonchev–Trinajstić information content (AvgIpc) is 2.98. The molecule has 1 aliphatic rings. The lowest BCUT2D eigenvalue weighted by Gasteiger charge is -2.19. The van der Waals surface area contributed by atoms with Gasteiger partial charge in [-0.25, -0.2) is 0 Å². The summed E-state index contributed by atoms with van der Waals surface area (Å²) < 4.78 is 11.0. The van der Waals surface area contributed by atoms with Crippen LogP contribution in [0.3, 0.4) is 0 Å². The highest BCUT2D eigenvalue weighted by atomic mass is 16.5. The molecule has 0 saturated carbocycles. The predicted octanol–water partition coefficient (Wildman–Crippen LogP) is 2.51. The molecule has 5 nitrogen and oxygen atoms in total. The Morgan fingerprint density at radius 1 is 1.25 bits per heavy atom. The smallest absolute Gasteiger partial charge is 0.243 e. The monoisotopic (exact) mass is 273 g/mol. The molecule has 1 aromatic heterocycles. The van der Waals surface area contributed by atoms with Crippen LogP contribution in [0, 0.1) is 0 Å². The van der Waals surface area contributed by atoms with E-state index >= 15 is 0 Å². The Kier molecular flexibility index (Phi) is 4.28. The highest BCUT2D eigenvalue weighted by Gasteiger charge is 2.20. The van der Waals surface area contributed by atoms with Crippen molar-refractivity contribution in [3.05, 3.63) is 42.0 Å². The summed E-state index contributed by atoms with van der Waals surface area (Å²) in [7, 11) is 0. The van der Waals surface area contributed by atoms with Gasteiger partial charge < -0.3 is 14.6 Å². The van der Waals surface area contributed by atoms with Gasteiger partial charge in [0.1, 0.15) is 5.75 Å². The number of hydrogen-bond donors (Lipinski definition) is 1. The van der Waals surface area contributed by atoms with Gasteiger partial charge >= 0.3 is 0 Å². The van der Waals surface area contributed by atoms with Gasteiger partial charge in [-0.1, -0.05) is 29.8 Å². The van der Waals surface area contributed by atoms with Gasteiger partial charge in [0.05, 0.1) is 12.6 Å². The highest BCUT2D eigenvalue weighted by molar-refractivity contribution is 5.20. The summed E-state index contributed by atoms with van der Waals surface area (Å²) in [6, 6.07) is 9.98. The minimum Gasteiger partial charge on any atom is -0.493 e. The van der Waals surface area contributed by atoms with Crippen molar-refractivity contribution in [2.45, 2.75) is 31.7 Å².